The quantitative estimate of drug-likeness (QED) is 0.328. The van der Waals surface area contributed by atoms with Crippen molar-refractivity contribution in [2.45, 2.75) is 95.0 Å². The summed E-state index contributed by atoms with van der Waals surface area (Å²) in [5, 5.41) is 5.00. The second-order valence-electron chi connectivity index (χ2n) is 17.7. The van der Waals surface area contributed by atoms with Gasteiger partial charge in [-0.05, 0) is 74.3 Å². The molecule has 2 aliphatic carbocycles. The molecular weight excluding hydrogens is 784 g/mol. The molecule has 5 aliphatic rings. The van der Waals surface area contributed by atoms with Crippen molar-refractivity contribution in [3.8, 4) is 17.0 Å². The third-order valence-corrected chi connectivity index (χ3v) is 13.7. The number of amides is 5. The second kappa shape index (κ2) is 16.5. The van der Waals surface area contributed by atoms with Crippen LogP contribution in [0.4, 0.5) is 9.18 Å². The maximum absolute atomic E-state index is 14.7. The van der Waals surface area contributed by atoms with Gasteiger partial charge in [0.25, 0.3) is 11.8 Å². The Morgan fingerprint density at radius 3 is 2.53 bits per heavy atom. The van der Waals surface area contributed by atoms with Crippen LogP contribution in [0.3, 0.4) is 0 Å². The number of ether oxygens (including phenoxy) is 2. The van der Waals surface area contributed by atoms with Gasteiger partial charge in [0, 0.05) is 43.0 Å². The molecule has 17 heteroatoms. The summed E-state index contributed by atoms with van der Waals surface area (Å²) in [4.78, 5) is 77.8. The van der Waals surface area contributed by atoms with Crippen LogP contribution in [0, 0.1) is 29.0 Å². The zero-order chi connectivity index (χ0) is 42.3. The third-order valence-electron chi connectivity index (χ3n) is 11.8. The van der Waals surface area contributed by atoms with Crippen molar-refractivity contribution >= 4 is 39.7 Å². The first-order valence-corrected chi connectivity index (χ1v) is 21.9. The molecule has 1 aromatic heterocycles. The fraction of sp³-hybridized carbons (Fsp3) is 0.571. The van der Waals surface area contributed by atoms with Crippen LogP contribution in [0.5, 0.6) is 5.75 Å². The molecule has 0 spiro atoms. The Hall–Kier alpha value is -5.06. The lowest BCUT2D eigenvalue weighted by atomic mass is 9.93. The molecular formula is C42H53FN6O9S. The first-order valence-electron chi connectivity index (χ1n) is 20.4. The van der Waals surface area contributed by atoms with E-state index in [-0.39, 0.29) is 55.4 Å². The van der Waals surface area contributed by atoms with Crippen LogP contribution >= 0.6 is 0 Å². The molecule has 1 aromatic carbocycles. The molecule has 0 unspecified atom stereocenters. The molecule has 318 valence electrons. The largest absolute Gasteiger partial charge is 0.494 e. The molecule has 4 fully saturated rings. The van der Waals surface area contributed by atoms with Crippen LogP contribution in [0.25, 0.3) is 11.3 Å². The lowest BCUT2D eigenvalue weighted by Gasteiger charge is -2.33. The molecule has 2 saturated heterocycles. The number of aromatic nitrogens is 1. The van der Waals surface area contributed by atoms with Crippen LogP contribution in [0.1, 0.15) is 82.6 Å². The molecule has 0 bridgehead atoms. The van der Waals surface area contributed by atoms with Gasteiger partial charge < -0.3 is 29.9 Å². The number of methoxy groups -OCH3 is 1. The van der Waals surface area contributed by atoms with Crippen LogP contribution in [-0.4, -0.2) is 109 Å². The molecule has 4 heterocycles. The van der Waals surface area contributed by atoms with E-state index in [1.165, 1.54) is 24.1 Å². The molecule has 15 nitrogen and oxygen atoms in total. The van der Waals surface area contributed by atoms with Gasteiger partial charge in [-0.25, -0.2) is 22.6 Å². The number of benzene rings is 1. The lowest BCUT2D eigenvalue weighted by Crippen LogP contribution is -2.60. The number of nitrogens with zero attached hydrogens (tertiary/aromatic N) is 3. The Labute approximate surface area is 343 Å². The van der Waals surface area contributed by atoms with Crippen molar-refractivity contribution in [1.29, 1.82) is 0 Å². The SMILES string of the molecule is COc1ccc(-c2cccc(C(=O)N3C[C@H]4CN5C(=O)[C@@H](NC(=O)OCC(C)(C)C)CCCCC/C=C\[C@H]6C[C@@]6(C(=O)NS(=O)(=O)C6CC6)NC(=O)[C@@H]5[C@H]4C3)n2)cc1F. The maximum Gasteiger partial charge on any atom is 0.407 e. The van der Waals surface area contributed by atoms with E-state index in [1.54, 1.807) is 29.2 Å². The summed E-state index contributed by atoms with van der Waals surface area (Å²) in [6.07, 6.45) is 7.17. The number of carbonyl (C=O) groups is 5. The summed E-state index contributed by atoms with van der Waals surface area (Å²) in [6.45, 7) is 6.19. The number of sulfonamides is 1. The monoisotopic (exact) mass is 836 g/mol. The van der Waals surface area contributed by atoms with Crippen molar-refractivity contribution in [3.63, 3.8) is 0 Å². The van der Waals surface area contributed by atoms with E-state index >= 15 is 0 Å². The number of hydrogen-bond donors (Lipinski definition) is 3. The number of likely N-dealkylation sites (tertiary alicyclic amines) is 1. The Kier molecular flexibility index (Phi) is 11.8. The summed E-state index contributed by atoms with van der Waals surface area (Å²) in [7, 11) is -2.57. The number of nitrogens with one attached hydrogen (secondary N) is 3. The average Bonchev–Trinajstić information content (AvgIpc) is 4.09. The molecule has 3 aliphatic heterocycles. The average molecular weight is 837 g/mol. The molecule has 2 saturated carbocycles. The van der Waals surface area contributed by atoms with Gasteiger partial charge in [0.2, 0.25) is 21.8 Å². The van der Waals surface area contributed by atoms with E-state index in [9.17, 15) is 36.8 Å². The molecule has 5 amide bonds. The van der Waals surface area contributed by atoms with Gasteiger partial charge in [-0.2, -0.15) is 0 Å². The maximum atomic E-state index is 14.7. The predicted octanol–water partition coefficient (Wildman–Crippen LogP) is 3.94. The van der Waals surface area contributed by atoms with Crippen LogP contribution in [-0.2, 0) is 29.1 Å². The van der Waals surface area contributed by atoms with Gasteiger partial charge in [-0.1, -0.05) is 51.8 Å². The van der Waals surface area contributed by atoms with E-state index in [0.717, 1.165) is 12.8 Å². The van der Waals surface area contributed by atoms with Gasteiger partial charge >= 0.3 is 6.09 Å². The third kappa shape index (κ3) is 9.24. The van der Waals surface area contributed by atoms with Crippen LogP contribution < -0.4 is 20.1 Å². The summed E-state index contributed by atoms with van der Waals surface area (Å²) >= 11 is 0. The highest BCUT2D eigenvalue weighted by Crippen LogP contribution is 2.47. The summed E-state index contributed by atoms with van der Waals surface area (Å²) in [6, 6.07) is 7.07. The van der Waals surface area contributed by atoms with E-state index in [2.05, 4.69) is 20.3 Å². The zero-order valence-corrected chi connectivity index (χ0v) is 34.7. The smallest absolute Gasteiger partial charge is 0.407 e. The fourth-order valence-corrected chi connectivity index (χ4v) is 9.77. The number of allylic oxidation sites excluding steroid dienone is 1. The van der Waals surface area contributed by atoms with Crippen molar-refractivity contribution in [2.24, 2.45) is 23.2 Å². The Morgan fingerprint density at radius 2 is 1.81 bits per heavy atom. The van der Waals surface area contributed by atoms with Crippen molar-refractivity contribution < 1.29 is 46.3 Å². The highest BCUT2D eigenvalue weighted by atomic mass is 32.2. The number of rotatable bonds is 8. The Morgan fingerprint density at radius 1 is 1.03 bits per heavy atom. The number of alkyl carbamates (subject to hydrolysis) is 1. The minimum absolute atomic E-state index is 0.0682. The van der Waals surface area contributed by atoms with E-state index in [4.69, 9.17) is 9.47 Å². The molecule has 59 heavy (non-hydrogen) atoms. The van der Waals surface area contributed by atoms with Crippen LogP contribution in [0.2, 0.25) is 0 Å². The van der Waals surface area contributed by atoms with E-state index in [1.807, 2.05) is 32.9 Å². The predicted molar refractivity (Wildman–Crippen MR) is 214 cm³/mol. The van der Waals surface area contributed by atoms with Gasteiger partial charge in [-0.15, -0.1) is 0 Å². The molecule has 6 atom stereocenters. The van der Waals surface area contributed by atoms with Crippen molar-refractivity contribution in [1.82, 2.24) is 30.1 Å². The Bertz CT molecular complexity index is 2140. The van der Waals surface area contributed by atoms with E-state index < -0.39 is 80.3 Å². The first kappa shape index (κ1) is 42.1. The molecule has 0 radical (unpaired) electrons. The van der Waals surface area contributed by atoms with E-state index in [0.29, 0.717) is 43.4 Å². The molecule has 7 rings (SSSR count). The minimum Gasteiger partial charge on any atom is -0.494 e. The van der Waals surface area contributed by atoms with Gasteiger partial charge in [0.15, 0.2) is 11.6 Å². The van der Waals surface area contributed by atoms with Gasteiger partial charge in [0.05, 0.1) is 24.7 Å². The summed E-state index contributed by atoms with van der Waals surface area (Å²) in [5.41, 5.74) is -0.956. The van der Waals surface area contributed by atoms with Crippen molar-refractivity contribution in [3.05, 3.63) is 60.1 Å². The summed E-state index contributed by atoms with van der Waals surface area (Å²) < 4.78 is 53.1. The number of fused-ring (bicyclic) bond motifs is 4. The first-order chi connectivity index (χ1) is 28.0. The normalized spacial score (nSPS) is 27.8. The highest BCUT2D eigenvalue weighted by molar-refractivity contribution is 7.91. The number of carbonyl (C=O) groups excluding carboxylic acids is 5. The second-order valence-corrected chi connectivity index (χ2v) is 19.6. The summed E-state index contributed by atoms with van der Waals surface area (Å²) in [5.74, 6) is -4.30. The van der Waals surface area contributed by atoms with Gasteiger partial charge in [-0.3, -0.25) is 23.9 Å². The standard InChI is InChI=1S/C42H53FN6O9S/c1-41(2,3)24-58-40(54)45-33-12-9-7-5-6-8-11-27-20-42(27,39(53)47-59(55,56)28-16-17-28)46-36(50)35-29-23-48(21-26(29)22-49(35)38(33)52)37(51)32-14-10-13-31(44-32)25-15-18-34(57-4)30(43)19-25/h8,10-11,13-15,18-19,26-29,33,35H,5-7,9,12,16-17,20-24H2,1-4H3,(H,45,54)(H,46,50)(H,47,53)/b11-8-/t26-,27-,29-,33-,35-,42+/m0/s1. The van der Waals surface area contributed by atoms with Gasteiger partial charge in [0.1, 0.15) is 23.3 Å². The highest BCUT2D eigenvalue weighted by Gasteiger charge is 2.63. The topological polar surface area (TPSA) is 193 Å². The lowest BCUT2D eigenvalue weighted by molar-refractivity contribution is -0.142. The van der Waals surface area contributed by atoms with Crippen LogP contribution in [0.15, 0.2) is 48.6 Å². The fourth-order valence-electron chi connectivity index (χ4n) is 8.40. The molecule has 3 N–H and O–H groups in total. The molecule has 2 aromatic rings. The number of hydrogen-bond acceptors (Lipinski definition) is 10. The van der Waals surface area contributed by atoms with Crippen molar-refractivity contribution in [2.75, 3.05) is 33.4 Å². The number of pyridine rings is 1. The minimum atomic E-state index is -3.94. The Balaban J connectivity index is 1.17. The zero-order valence-electron chi connectivity index (χ0n) is 33.9. The number of halogens is 1.